The summed E-state index contributed by atoms with van der Waals surface area (Å²) in [4.78, 5) is 24.9. The second-order valence-corrected chi connectivity index (χ2v) is 6.64. The molecule has 1 aromatic carbocycles. The average molecular weight is 424 g/mol. The number of allylic oxidation sites excluding steroid dienone is 1. The highest BCUT2D eigenvalue weighted by atomic mass is 16.5. The van der Waals surface area contributed by atoms with Crippen LogP contribution in [0.15, 0.2) is 40.8 Å². The summed E-state index contributed by atoms with van der Waals surface area (Å²) in [5.41, 5.74) is 3.92. The number of methoxy groups -OCH3 is 2. The van der Waals surface area contributed by atoms with Crippen LogP contribution in [0.2, 0.25) is 0 Å². The highest BCUT2D eigenvalue weighted by Gasteiger charge is 2.15. The molecule has 0 bridgehead atoms. The Morgan fingerprint density at radius 2 is 2.10 bits per heavy atom. The van der Waals surface area contributed by atoms with E-state index in [4.69, 9.17) is 9.47 Å². The number of phenols is 1. The van der Waals surface area contributed by atoms with Crippen molar-refractivity contribution in [2.75, 3.05) is 14.2 Å². The zero-order valence-electron chi connectivity index (χ0n) is 17.6. The summed E-state index contributed by atoms with van der Waals surface area (Å²) in [6, 6.07) is 6.78. The molecule has 9 heteroatoms. The van der Waals surface area contributed by atoms with Gasteiger partial charge in [0, 0.05) is 23.9 Å². The Morgan fingerprint density at radius 3 is 2.71 bits per heavy atom. The van der Waals surface area contributed by atoms with Crippen LogP contribution in [0.3, 0.4) is 0 Å². The van der Waals surface area contributed by atoms with E-state index in [1.165, 1.54) is 25.0 Å². The van der Waals surface area contributed by atoms with Crippen LogP contribution in [0.4, 0.5) is 0 Å². The maximum absolute atomic E-state index is 12.6. The maximum atomic E-state index is 12.6. The fraction of sp³-hybridized carbons (Fsp3) is 0.273. The van der Waals surface area contributed by atoms with E-state index in [9.17, 15) is 20.0 Å². The molecule has 1 aromatic heterocycles. The molecule has 0 aliphatic heterocycles. The van der Waals surface area contributed by atoms with Crippen LogP contribution in [0.5, 0.6) is 11.5 Å². The fourth-order valence-corrected chi connectivity index (χ4v) is 3.01. The van der Waals surface area contributed by atoms with Gasteiger partial charge in [0.05, 0.1) is 19.9 Å². The number of hydrogen-bond acceptors (Lipinski definition) is 7. The number of rotatable bonds is 9. The normalized spacial score (nSPS) is 10.6. The van der Waals surface area contributed by atoms with Crippen LogP contribution >= 0.6 is 0 Å². The quantitative estimate of drug-likeness (QED) is 0.359. The van der Waals surface area contributed by atoms with Gasteiger partial charge in [-0.3, -0.25) is 9.59 Å². The molecule has 0 atom stereocenters. The molecule has 0 spiro atoms. The van der Waals surface area contributed by atoms with E-state index in [-0.39, 0.29) is 30.2 Å². The zero-order chi connectivity index (χ0) is 23.0. The van der Waals surface area contributed by atoms with Gasteiger partial charge < -0.3 is 19.1 Å². The Morgan fingerprint density at radius 1 is 1.35 bits per heavy atom. The third-order valence-electron chi connectivity index (χ3n) is 4.47. The summed E-state index contributed by atoms with van der Waals surface area (Å²) in [6.45, 7) is 5.15. The van der Waals surface area contributed by atoms with Gasteiger partial charge in [0.1, 0.15) is 18.2 Å². The smallest absolute Gasteiger partial charge is 0.269 e. The lowest BCUT2D eigenvalue weighted by atomic mass is 10.1. The van der Waals surface area contributed by atoms with Crippen molar-refractivity contribution in [2.45, 2.75) is 26.5 Å². The molecule has 2 aromatic rings. The monoisotopic (exact) mass is 424 g/mol. The number of hydrogen-bond donors (Lipinski definition) is 2. The van der Waals surface area contributed by atoms with E-state index >= 15 is 0 Å². The van der Waals surface area contributed by atoms with Crippen molar-refractivity contribution in [3.63, 3.8) is 0 Å². The van der Waals surface area contributed by atoms with Gasteiger partial charge >= 0.3 is 0 Å². The molecule has 0 aliphatic rings. The van der Waals surface area contributed by atoms with E-state index in [0.717, 1.165) is 0 Å². The predicted octanol–water partition coefficient (Wildman–Crippen LogP) is 1.77. The molecule has 9 nitrogen and oxygen atoms in total. The van der Waals surface area contributed by atoms with E-state index in [1.54, 1.807) is 31.2 Å². The van der Waals surface area contributed by atoms with Crippen molar-refractivity contribution >= 4 is 12.1 Å². The molecule has 0 fully saturated rings. The van der Waals surface area contributed by atoms with E-state index in [0.29, 0.717) is 28.8 Å². The Labute approximate surface area is 179 Å². The molecule has 0 saturated carbocycles. The van der Waals surface area contributed by atoms with Gasteiger partial charge in [0.15, 0.2) is 11.5 Å². The molecule has 2 N–H and O–H groups in total. The first-order valence-electron chi connectivity index (χ1n) is 9.31. The van der Waals surface area contributed by atoms with Crippen molar-refractivity contribution in [3.05, 3.63) is 69.2 Å². The first-order chi connectivity index (χ1) is 14.9. The lowest BCUT2D eigenvalue weighted by Crippen LogP contribution is -2.33. The van der Waals surface area contributed by atoms with Crippen LogP contribution in [0, 0.1) is 18.3 Å². The molecular weight excluding hydrogens is 400 g/mol. The third-order valence-corrected chi connectivity index (χ3v) is 4.47. The summed E-state index contributed by atoms with van der Waals surface area (Å²) in [5.74, 6) is -0.250. The summed E-state index contributed by atoms with van der Waals surface area (Å²) >= 11 is 0. The summed E-state index contributed by atoms with van der Waals surface area (Å²) in [5, 5.41) is 23.3. The van der Waals surface area contributed by atoms with Crippen LogP contribution in [-0.4, -0.2) is 36.0 Å². The number of nitrogens with one attached hydrogen (secondary N) is 1. The van der Waals surface area contributed by atoms with Gasteiger partial charge in [-0.05, 0) is 37.1 Å². The van der Waals surface area contributed by atoms with Crippen molar-refractivity contribution in [3.8, 4) is 17.6 Å². The van der Waals surface area contributed by atoms with Gasteiger partial charge in [0.2, 0.25) is 0 Å². The number of aromatic hydroxyl groups is 1. The van der Waals surface area contributed by atoms with Crippen molar-refractivity contribution < 1.29 is 19.4 Å². The minimum Gasteiger partial charge on any atom is -0.504 e. The number of pyridine rings is 1. The fourth-order valence-electron chi connectivity index (χ4n) is 3.01. The number of nitriles is 1. The molecule has 0 radical (unpaired) electrons. The Bertz CT molecular complexity index is 1110. The highest BCUT2D eigenvalue weighted by molar-refractivity contribution is 5.83. The highest BCUT2D eigenvalue weighted by Crippen LogP contribution is 2.31. The lowest BCUT2D eigenvalue weighted by Gasteiger charge is -2.12. The van der Waals surface area contributed by atoms with Crippen LogP contribution in [-0.2, 0) is 29.1 Å². The third kappa shape index (κ3) is 5.58. The van der Waals surface area contributed by atoms with Gasteiger partial charge in [0.25, 0.3) is 11.5 Å². The van der Waals surface area contributed by atoms with Crippen molar-refractivity contribution in [2.24, 2.45) is 5.10 Å². The van der Waals surface area contributed by atoms with Crippen LogP contribution < -0.4 is 15.7 Å². The first kappa shape index (κ1) is 23.4. The van der Waals surface area contributed by atoms with Gasteiger partial charge in [-0.2, -0.15) is 10.4 Å². The van der Waals surface area contributed by atoms with Gasteiger partial charge in [-0.1, -0.05) is 6.08 Å². The summed E-state index contributed by atoms with van der Waals surface area (Å²) in [7, 11) is 2.90. The molecule has 1 heterocycles. The summed E-state index contributed by atoms with van der Waals surface area (Å²) in [6.07, 6.45) is 3.47. The van der Waals surface area contributed by atoms with Crippen LogP contribution in [0.1, 0.15) is 27.9 Å². The Balaban J connectivity index is 2.19. The Hall–Kier alpha value is -3.90. The number of nitrogens with zero attached hydrogens (tertiary/aromatic N) is 3. The second-order valence-electron chi connectivity index (χ2n) is 6.64. The molecule has 0 saturated heterocycles. The van der Waals surface area contributed by atoms with E-state index in [1.807, 2.05) is 6.07 Å². The van der Waals surface area contributed by atoms with Gasteiger partial charge in [-0.25, -0.2) is 5.43 Å². The van der Waals surface area contributed by atoms with Crippen LogP contribution in [0.25, 0.3) is 0 Å². The molecular formula is C22H24N4O5. The molecule has 1 amide bonds. The standard InChI is InChI=1S/C22H24N4O5/c1-5-6-16-8-15(9-19(31-4)21(16)28)11-24-25-20(27)12-26-14(2)7-17(13-30-3)18(10-23)22(26)29/h5,7-9,11,28H,1,6,12-13H2,2-4H3,(H,25,27)/b24-11+. The summed E-state index contributed by atoms with van der Waals surface area (Å²) < 4.78 is 11.4. The average Bonchev–Trinajstić information content (AvgIpc) is 2.73. The number of aromatic nitrogens is 1. The molecule has 31 heavy (non-hydrogen) atoms. The minimum absolute atomic E-state index is 0.0173. The number of ether oxygens (including phenoxy) is 2. The number of benzene rings is 1. The second kappa shape index (κ2) is 10.8. The zero-order valence-corrected chi connectivity index (χ0v) is 17.6. The SMILES string of the molecule is C=CCc1cc(/C=N/NC(=O)Cn2c(C)cc(COC)c(C#N)c2=O)cc(OC)c1O. The lowest BCUT2D eigenvalue weighted by molar-refractivity contribution is -0.121. The van der Waals surface area contributed by atoms with Crippen molar-refractivity contribution in [1.82, 2.24) is 9.99 Å². The number of carbonyl (C=O) groups excluding carboxylic acids is 1. The molecule has 0 unspecified atom stereocenters. The maximum Gasteiger partial charge on any atom is 0.269 e. The predicted molar refractivity (Wildman–Crippen MR) is 115 cm³/mol. The number of phenolic OH excluding ortho intramolecular Hbond substituents is 1. The number of carbonyl (C=O) groups is 1. The molecule has 2 rings (SSSR count). The topological polar surface area (TPSA) is 126 Å². The number of aryl methyl sites for hydroxylation is 1. The first-order valence-corrected chi connectivity index (χ1v) is 9.31. The number of amides is 1. The molecule has 0 aliphatic carbocycles. The van der Waals surface area contributed by atoms with E-state index < -0.39 is 11.5 Å². The minimum atomic E-state index is -0.564. The Kier molecular flexibility index (Phi) is 8.11. The van der Waals surface area contributed by atoms with E-state index in [2.05, 4.69) is 17.1 Å². The van der Waals surface area contributed by atoms with Gasteiger partial charge in [-0.15, -0.1) is 6.58 Å². The largest absolute Gasteiger partial charge is 0.504 e. The molecule has 162 valence electrons. The number of hydrazone groups is 1. The van der Waals surface area contributed by atoms with Crippen molar-refractivity contribution in [1.29, 1.82) is 5.26 Å².